The molecule has 142 valence electrons. The van der Waals surface area contributed by atoms with Crippen LogP contribution >= 0.6 is 0 Å². The summed E-state index contributed by atoms with van der Waals surface area (Å²) in [5, 5.41) is 3.00. The van der Waals surface area contributed by atoms with Crippen LogP contribution in [0.25, 0.3) is 0 Å². The number of ether oxygens (including phenoxy) is 1. The van der Waals surface area contributed by atoms with Gasteiger partial charge in [-0.05, 0) is 37.3 Å². The van der Waals surface area contributed by atoms with Crippen molar-refractivity contribution in [3.05, 3.63) is 29.8 Å². The molecular weight excluding hydrogens is 344 g/mol. The molecule has 4 aliphatic rings. The Bertz CT molecular complexity index is 822. The average molecular weight is 368 g/mol. The first-order valence-electron chi connectivity index (χ1n) is 9.96. The van der Waals surface area contributed by atoms with E-state index in [-0.39, 0.29) is 29.4 Å². The highest BCUT2D eigenvalue weighted by Crippen LogP contribution is 2.65. The third-order valence-electron chi connectivity index (χ3n) is 6.79. The van der Waals surface area contributed by atoms with Gasteiger partial charge in [-0.1, -0.05) is 12.1 Å². The summed E-state index contributed by atoms with van der Waals surface area (Å²) in [6.07, 6.45) is 3.68. The van der Waals surface area contributed by atoms with E-state index >= 15 is 0 Å². The highest BCUT2D eigenvalue weighted by molar-refractivity contribution is 6.00. The number of hydrogen-bond donors (Lipinski definition) is 1. The molecule has 27 heavy (non-hydrogen) atoms. The molecule has 0 radical (unpaired) electrons. The Balaban J connectivity index is 1.23. The van der Waals surface area contributed by atoms with E-state index in [1.54, 1.807) is 0 Å². The van der Waals surface area contributed by atoms with Crippen LogP contribution in [0, 0.1) is 17.8 Å². The lowest BCUT2D eigenvalue weighted by Gasteiger charge is -2.37. The fourth-order valence-corrected chi connectivity index (χ4v) is 5.49. The van der Waals surface area contributed by atoms with E-state index in [1.807, 2.05) is 29.2 Å². The SMILES string of the molecule is O=C1C[C@@]2(CC[C@@H]3[C@@H](C(=O)NCCN4CCCC4=O)[C@@H]32)Oc2ccccc21. The molecule has 1 spiro atoms. The second-order valence-electron chi connectivity index (χ2n) is 8.29. The molecule has 1 aromatic rings. The van der Waals surface area contributed by atoms with Gasteiger partial charge in [-0.15, -0.1) is 0 Å². The molecule has 4 atom stereocenters. The summed E-state index contributed by atoms with van der Waals surface area (Å²) >= 11 is 0. The van der Waals surface area contributed by atoms with E-state index in [2.05, 4.69) is 5.32 Å². The van der Waals surface area contributed by atoms with Crippen LogP contribution in [-0.4, -0.2) is 47.7 Å². The zero-order valence-corrected chi connectivity index (χ0v) is 15.3. The molecule has 6 heteroatoms. The number of fused-ring (bicyclic) bond motifs is 3. The summed E-state index contributed by atoms with van der Waals surface area (Å²) in [5.74, 6) is 1.39. The van der Waals surface area contributed by atoms with Crippen LogP contribution in [0.4, 0.5) is 0 Å². The highest BCUT2D eigenvalue weighted by Gasteiger charge is 2.70. The lowest BCUT2D eigenvalue weighted by Crippen LogP contribution is -2.45. The van der Waals surface area contributed by atoms with Gasteiger partial charge in [0.1, 0.15) is 11.4 Å². The fraction of sp³-hybridized carbons (Fsp3) is 0.571. The van der Waals surface area contributed by atoms with Crippen molar-refractivity contribution >= 4 is 17.6 Å². The summed E-state index contributed by atoms with van der Waals surface area (Å²) in [4.78, 5) is 38.8. The first-order chi connectivity index (χ1) is 13.1. The van der Waals surface area contributed by atoms with Gasteiger partial charge in [0.15, 0.2) is 5.78 Å². The van der Waals surface area contributed by atoms with Crippen molar-refractivity contribution in [2.75, 3.05) is 19.6 Å². The zero-order chi connectivity index (χ0) is 18.6. The van der Waals surface area contributed by atoms with Gasteiger partial charge < -0.3 is 15.0 Å². The molecule has 0 aromatic heterocycles. The van der Waals surface area contributed by atoms with Gasteiger partial charge in [-0.25, -0.2) is 0 Å². The van der Waals surface area contributed by atoms with Crippen LogP contribution < -0.4 is 10.1 Å². The number of hydrogen-bond acceptors (Lipinski definition) is 4. The number of nitrogens with one attached hydrogen (secondary N) is 1. The Hall–Kier alpha value is -2.37. The lowest BCUT2D eigenvalue weighted by atomic mass is 9.84. The maximum absolute atomic E-state index is 12.7. The minimum absolute atomic E-state index is 0.0469. The third kappa shape index (κ3) is 2.65. The van der Waals surface area contributed by atoms with E-state index in [0.717, 1.165) is 25.8 Å². The number of para-hydroxylation sites is 1. The molecule has 0 bridgehead atoms. The van der Waals surface area contributed by atoms with E-state index < -0.39 is 5.60 Å². The van der Waals surface area contributed by atoms with Crippen LogP contribution in [0.2, 0.25) is 0 Å². The molecule has 5 rings (SSSR count). The molecule has 2 amide bonds. The number of carbonyl (C=O) groups is 3. The summed E-state index contributed by atoms with van der Waals surface area (Å²) in [6.45, 7) is 1.87. The number of Topliss-reactive ketones (excluding diaryl/α,β-unsaturated/α-hetero) is 1. The number of amides is 2. The van der Waals surface area contributed by atoms with E-state index in [4.69, 9.17) is 4.74 Å². The number of nitrogens with zero attached hydrogens (tertiary/aromatic N) is 1. The van der Waals surface area contributed by atoms with Crippen molar-refractivity contribution in [1.29, 1.82) is 0 Å². The van der Waals surface area contributed by atoms with Crippen LogP contribution in [0.15, 0.2) is 24.3 Å². The number of benzene rings is 1. The Morgan fingerprint density at radius 2 is 2.15 bits per heavy atom. The van der Waals surface area contributed by atoms with Crippen LogP contribution in [0.3, 0.4) is 0 Å². The second-order valence-corrected chi connectivity index (χ2v) is 8.29. The monoisotopic (exact) mass is 368 g/mol. The summed E-state index contributed by atoms with van der Waals surface area (Å²) in [7, 11) is 0. The molecule has 2 heterocycles. The van der Waals surface area contributed by atoms with Crippen LogP contribution in [-0.2, 0) is 9.59 Å². The summed E-state index contributed by atoms with van der Waals surface area (Å²) in [5.41, 5.74) is 0.145. The molecule has 0 unspecified atom stereocenters. The predicted molar refractivity (Wildman–Crippen MR) is 97.3 cm³/mol. The van der Waals surface area contributed by atoms with Crippen molar-refractivity contribution in [3.63, 3.8) is 0 Å². The van der Waals surface area contributed by atoms with E-state index in [0.29, 0.717) is 43.2 Å². The Morgan fingerprint density at radius 1 is 1.30 bits per heavy atom. The Kier molecular flexibility index (Phi) is 3.78. The first kappa shape index (κ1) is 16.8. The Labute approximate surface area is 158 Å². The quantitative estimate of drug-likeness (QED) is 0.879. The number of likely N-dealkylation sites (tertiary alicyclic amines) is 1. The summed E-state index contributed by atoms with van der Waals surface area (Å²) in [6, 6.07) is 7.40. The lowest BCUT2D eigenvalue weighted by molar-refractivity contribution is -0.128. The maximum atomic E-state index is 12.7. The largest absolute Gasteiger partial charge is 0.486 e. The normalized spacial score (nSPS) is 33.6. The number of rotatable bonds is 4. The van der Waals surface area contributed by atoms with E-state index in [9.17, 15) is 14.4 Å². The van der Waals surface area contributed by atoms with Crippen molar-refractivity contribution in [2.24, 2.45) is 17.8 Å². The van der Waals surface area contributed by atoms with Gasteiger partial charge in [0, 0.05) is 37.9 Å². The minimum Gasteiger partial charge on any atom is -0.486 e. The van der Waals surface area contributed by atoms with Gasteiger partial charge in [-0.2, -0.15) is 0 Å². The molecule has 1 N–H and O–H groups in total. The first-order valence-corrected chi connectivity index (χ1v) is 9.96. The molecule has 1 aromatic carbocycles. The average Bonchev–Trinajstić information content (AvgIpc) is 3.12. The summed E-state index contributed by atoms with van der Waals surface area (Å²) < 4.78 is 6.33. The third-order valence-corrected chi connectivity index (χ3v) is 6.79. The molecule has 2 saturated carbocycles. The van der Waals surface area contributed by atoms with Gasteiger partial charge >= 0.3 is 0 Å². The predicted octanol–water partition coefficient (Wildman–Crippen LogP) is 1.79. The van der Waals surface area contributed by atoms with Crippen molar-refractivity contribution in [2.45, 2.75) is 37.7 Å². The van der Waals surface area contributed by atoms with E-state index in [1.165, 1.54) is 0 Å². The standard InChI is InChI=1S/C21H24N2O4/c24-15-12-21(27-16-5-2-1-4-13(15)16)8-7-14-18(19(14)21)20(26)22-9-11-23-10-3-6-17(23)25/h1-2,4-5,14,18-19H,3,6-12H2,(H,22,26)/t14-,18-,19-,21-/m1/s1. The minimum atomic E-state index is -0.511. The molecule has 2 aliphatic heterocycles. The second kappa shape index (κ2) is 6.08. The molecular formula is C21H24N2O4. The topological polar surface area (TPSA) is 75.7 Å². The fourth-order valence-electron chi connectivity index (χ4n) is 5.49. The van der Waals surface area contributed by atoms with Gasteiger partial charge in [0.25, 0.3) is 0 Å². The van der Waals surface area contributed by atoms with Crippen molar-refractivity contribution < 1.29 is 19.1 Å². The zero-order valence-electron chi connectivity index (χ0n) is 15.3. The highest BCUT2D eigenvalue weighted by atomic mass is 16.5. The van der Waals surface area contributed by atoms with Crippen molar-refractivity contribution in [1.82, 2.24) is 10.2 Å². The number of ketones is 1. The van der Waals surface area contributed by atoms with Gasteiger partial charge in [-0.3, -0.25) is 14.4 Å². The maximum Gasteiger partial charge on any atom is 0.223 e. The van der Waals surface area contributed by atoms with Crippen LogP contribution in [0.1, 0.15) is 42.5 Å². The molecule has 6 nitrogen and oxygen atoms in total. The van der Waals surface area contributed by atoms with Gasteiger partial charge in [0.2, 0.25) is 11.8 Å². The molecule has 1 saturated heterocycles. The number of carbonyl (C=O) groups excluding carboxylic acids is 3. The molecule has 3 fully saturated rings. The molecule has 2 aliphatic carbocycles. The van der Waals surface area contributed by atoms with Crippen LogP contribution in [0.5, 0.6) is 5.75 Å². The van der Waals surface area contributed by atoms with Crippen molar-refractivity contribution in [3.8, 4) is 5.75 Å². The smallest absolute Gasteiger partial charge is 0.223 e. The van der Waals surface area contributed by atoms with Gasteiger partial charge in [0.05, 0.1) is 12.0 Å². The Morgan fingerprint density at radius 3 is 2.96 bits per heavy atom.